The van der Waals surface area contributed by atoms with E-state index in [0.29, 0.717) is 0 Å². The molecule has 1 aromatic heterocycles. The lowest BCUT2D eigenvalue weighted by molar-refractivity contribution is -0.445. The first-order valence-electron chi connectivity index (χ1n) is 3.10. The number of anilines is 1. The number of pyridine rings is 1. The van der Waals surface area contributed by atoms with E-state index in [1.54, 1.807) is 6.07 Å². The van der Waals surface area contributed by atoms with Gasteiger partial charge in [0, 0.05) is 12.3 Å². The molecule has 0 fully saturated rings. The van der Waals surface area contributed by atoms with Crippen molar-refractivity contribution in [2.24, 2.45) is 0 Å². The zero-order chi connectivity index (χ0) is 9.84. The molecule has 0 aliphatic heterocycles. The monoisotopic (exact) mass is 198 g/mol. The maximum Gasteiger partial charge on any atom is 0.191 e. The molecule has 0 amide bonds. The van der Waals surface area contributed by atoms with E-state index in [9.17, 15) is 10.1 Å². The first-order valence-corrected chi connectivity index (χ1v) is 3.48. The Bertz CT molecular complexity index is 387. The molecule has 0 aromatic carbocycles. The maximum absolute atomic E-state index is 9.99. The first-order chi connectivity index (χ1) is 6.13. The minimum Gasteiger partial charge on any atom is -0.234 e. The van der Waals surface area contributed by atoms with Crippen LogP contribution in [-0.4, -0.2) is 10.0 Å². The number of halogens is 1. The van der Waals surface area contributed by atoms with Gasteiger partial charge in [0.25, 0.3) is 0 Å². The summed E-state index contributed by atoms with van der Waals surface area (Å²) >= 11 is 5.55. The van der Waals surface area contributed by atoms with Gasteiger partial charge in [0.15, 0.2) is 10.9 Å². The average Bonchev–Trinajstić information content (AvgIpc) is 2.07. The summed E-state index contributed by atoms with van der Waals surface area (Å²) in [4.78, 5) is 13.6. The highest BCUT2D eigenvalue weighted by Crippen LogP contribution is 2.16. The van der Waals surface area contributed by atoms with Crippen molar-refractivity contribution in [3.05, 3.63) is 33.0 Å². The largest absolute Gasteiger partial charge is 0.234 e. The van der Waals surface area contributed by atoms with Gasteiger partial charge in [-0.25, -0.2) is 15.1 Å². The molecule has 13 heavy (non-hydrogen) atoms. The SMILES string of the molecule is N#Cc1cc(N[N+](=O)[O-])ncc1Cl. The van der Waals surface area contributed by atoms with Crippen LogP contribution in [-0.2, 0) is 0 Å². The van der Waals surface area contributed by atoms with E-state index in [2.05, 4.69) is 4.98 Å². The van der Waals surface area contributed by atoms with Crippen LogP contribution < -0.4 is 5.43 Å². The van der Waals surface area contributed by atoms with Gasteiger partial charge < -0.3 is 0 Å². The number of rotatable bonds is 2. The Morgan fingerprint density at radius 2 is 2.46 bits per heavy atom. The smallest absolute Gasteiger partial charge is 0.191 e. The Labute approximate surface area is 77.9 Å². The predicted octanol–water partition coefficient (Wildman–Crippen LogP) is 1.21. The molecule has 1 heterocycles. The molecule has 0 aliphatic carbocycles. The third-order valence-electron chi connectivity index (χ3n) is 1.18. The zero-order valence-corrected chi connectivity index (χ0v) is 6.95. The quantitative estimate of drug-likeness (QED) is 0.570. The van der Waals surface area contributed by atoms with E-state index in [0.717, 1.165) is 0 Å². The third-order valence-corrected chi connectivity index (χ3v) is 1.48. The molecule has 66 valence electrons. The van der Waals surface area contributed by atoms with Gasteiger partial charge in [0.05, 0.1) is 10.6 Å². The number of hydrogen-bond acceptors (Lipinski definition) is 4. The van der Waals surface area contributed by atoms with Crippen LogP contribution in [0.3, 0.4) is 0 Å². The molecule has 0 aliphatic rings. The van der Waals surface area contributed by atoms with Crippen molar-refractivity contribution < 1.29 is 5.03 Å². The molecule has 0 saturated heterocycles. The molecular weight excluding hydrogens is 196 g/mol. The van der Waals surface area contributed by atoms with Gasteiger partial charge in [-0.2, -0.15) is 5.26 Å². The van der Waals surface area contributed by atoms with Crippen molar-refractivity contribution in [1.82, 2.24) is 4.98 Å². The lowest BCUT2D eigenvalue weighted by Gasteiger charge is -1.97. The van der Waals surface area contributed by atoms with E-state index >= 15 is 0 Å². The lowest BCUT2D eigenvalue weighted by atomic mass is 10.3. The van der Waals surface area contributed by atoms with Crippen LogP contribution in [0.25, 0.3) is 0 Å². The Kier molecular flexibility index (Phi) is 2.62. The Morgan fingerprint density at radius 1 is 1.77 bits per heavy atom. The molecule has 1 N–H and O–H groups in total. The van der Waals surface area contributed by atoms with Crippen molar-refractivity contribution in [3.8, 4) is 6.07 Å². The van der Waals surface area contributed by atoms with Gasteiger partial charge in [-0.1, -0.05) is 17.0 Å². The Hall–Kier alpha value is -1.87. The van der Waals surface area contributed by atoms with Gasteiger partial charge in [0.1, 0.15) is 6.07 Å². The summed E-state index contributed by atoms with van der Waals surface area (Å²) in [6.07, 6.45) is 1.17. The summed E-state index contributed by atoms with van der Waals surface area (Å²) in [5.74, 6) is -0.0223. The normalized spacial score (nSPS) is 8.92. The van der Waals surface area contributed by atoms with E-state index in [-0.39, 0.29) is 16.4 Å². The van der Waals surface area contributed by atoms with Crippen LogP contribution in [0, 0.1) is 21.4 Å². The third kappa shape index (κ3) is 2.28. The number of nitro groups is 1. The molecule has 0 bridgehead atoms. The maximum atomic E-state index is 9.99. The number of hydrazine groups is 1. The topological polar surface area (TPSA) is 91.8 Å². The number of hydrogen-bond donors (Lipinski definition) is 1. The van der Waals surface area contributed by atoms with E-state index in [4.69, 9.17) is 16.9 Å². The fourth-order valence-corrected chi connectivity index (χ4v) is 0.825. The first kappa shape index (κ1) is 9.22. The molecule has 1 rings (SSSR count). The summed E-state index contributed by atoms with van der Waals surface area (Å²) in [7, 11) is 0. The van der Waals surface area contributed by atoms with Crippen molar-refractivity contribution in [2.45, 2.75) is 0 Å². The highest BCUT2D eigenvalue weighted by Gasteiger charge is 2.05. The molecule has 0 unspecified atom stereocenters. The van der Waals surface area contributed by atoms with Gasteiger partial charge in [-0.3, -0.25) is 0 Å². The van der Waals surface area contributed by atoms with Crippen molar-refractivity contribution >= 4 is 17.4 Å². The summed E-state index contributed by atoms with van der Waals surface area (Å²) in [5.41, 5.74) is 1.95. The second kappa shape index (κ2) is 3.69. The molecule has 0 saturated carbocycles. The van der Waals surface area contributed by atoms with Gasteiger partial charge in [-0.05, 0) is 0 Å². The van der Waals surface area contributed by atoms with Crippen molar-refractivity contribution in [2.75, 3.05) is 5.43 Å². The lowest BCUT2D eigenvalue weighted by Crippen LogP contribution is -2.09. The zero-order valence-electron chi connectivity index (χ0n) is 6.19. The summed E-state index contributed by atoms with van der Waals surface area (Å²) < 4.78 is 0. The molecular formula is C6H3ClN4O2. The standard InChI is InChI=1S/C6H3ClN4O2/c7-5-3-9-6(10-11(12)13)1-4(5)2-8/h1,3H,(H,9,10). The number of nitrogens with one attached hydrogen (secondary N) is 1. The van der Waals surface area contributed by atoms with E-state index in [1.807, 2.05) is 5.43 Å². The number of aromatic nitrogens is 1. The fraction of sp³-hybridized carbons (Fsp3) is 0. The summed E-state index contributed by atoms with van der Waals surface area (Å²) in [6, 6.07) is 2.97. The van der Waals surface area contributed by atoms with E-state index in [1.165, 1.54) is 12.3 Å². The molecule has 0 atom stereocenters. The van der Waals surface area contributed by atoms with Crippen LogP contribution in [0.4, 0.5) is 5.82 Å². The van der Waals surface area contributed by atoms with Gasteiger partial charge in [-0.15, -0.1) is 0 Å². The van der Waals surface area contributed by atoms with Crippen molar-refractivity contribution in [3.63, 3.8) is 0 Å². The van der Waals surface area contributed by atoms with Crippen LogP contribution in [0.5, 0.6) is 0 Å². The molecule has 0 radical (unpaired) electrons. The molecule has 7 heteroatoms. The van der Waals surface area contributed by atoms with Crippen LogP contribution >= 0.6 is 11.6 Å². The summed E-state index contributed by atoms with van der Waals surface area (Å²) in [5, 5.41) is 17.9. The van der Waals surface area contributed by atoms with Gasteiger partial charge >= 0.3 is 0 Å². The minimum absolute atomic E-state index is 0.0223. The summed E-state index contributed by atoms with van der Waals surface area (Å²) in [6.45, 7) is 0. The molecule has 6 nitrogen and oxygen atoms in total. The van der Waals surface area contributed by atoms with E-state index < -0.39 is 5.03 Å². The minimum atomic E-state index is -0.766. The van der Waals surface area contributed by atoms with Crippen LogP contribution in [0.2, 0.25) is 5.02 Å². The average molecular weight is 199 g/mol. The van der Waals surface area contributed by atoms with Gasteiger partial charge in [0.2, 0.25) is 0 Å². The highest BCUT2D eigenvalue weighted by molar-refractivity contribution is 6.31. The Morgan fingerprint density at radius 3 is 3.00 bits per heavy atom. The number of nitrogens with zero attached hydrogens (tertiary/aromatic N) is 3. The predicted molar refractivity (Wildman–Crippen MR) is 44.6 cm³/mol. The fourth-order valence-electron chi connectivity index (χ4n) is 0.679. The highest BCUT2D eigenvalue weighted by atomic mass is 35.5. The van der Waals surface area contributed by atoms with Crippen LogP contribution in [0.15, 0.2) is 12.3 Å². The second-order valence-corrected chi connectivity index (χ2v) is 2.44. The number of nitriles is 1. The molecule has 0 spiro atoms. The van der Waals surface area contributed by atoms with Crippen LogP contribution in [0.1, 0.15) is 5.56 Å². The second-order valence-electron chi connectivity index (χ2n) is 2.03. The Balaban J connectivity index is 3.01. The molecule has 1 aromatic rings. The van der Waals surface area contributed by atoms with Crippen molar-refractivity contribution in [1.29, 1.82) is 5.26 Å².